The van der Waals surface area contributed by atoms with Gasteiger partial charge in [-0.3, -0.25) is 14.8 Å². The van der Waals surface area contributed by atoms with Crippen molar-refractivity contribution >= 4 is 17.5 Å². The van der Waals surface area contributed by atoms with Gasteiger partial charge in [0.05, 0.1) is 17.8 Å². The summed E-state index contributed by atoms with van der Waals surface area (Å²) in [6.45, 7) is -0.146. The molecule has 0 heterocycles. The number of amides is 2. The van der Waals surface area contributed by atoms with Crippen LogP contribution in [-0.2, 0) is 17.6 Å². The van der Waals surface area contributed by atoms with Crippen molar-refractivity contribution in [1.29, 1.82) is 0 Å². The predicted molar refractivity (Wildman–Crippen MR) is 94.5 cm³/mol. The van der Waals surface area contributed by atoms with Crippen LogP contribution in [-0.4, -0.2) is 29.6 Å². The lowest BCUT2D eigenvalue weighted by molar-refractivity contribution is -0.117. The molecule has 0 bridgehead atoms. The number of rotatable bonds is 4. The number of nitrogens with zero attached hydrogens (tertiary/aromatic N) is 1. The van der Waals surface area contributed by atoms with Crippen LogP contribution in [0.4, 0.5) is 5.69 Å². The van der Waals surface area contributed by atoms with E-state index < -0.39 is 5.91 Å². The number of nitrogens with one attached hydrogen (secondary N) is 1. The molecule has 130 valence electrons. The Balaban J connectivity index is 2.00. The molecule has 0 radical (unpaired) electrons. The molecule has 3 rings (SSSR count). The molecule has 0 aromatic heterocycles. The number of carbonyl (C=O) groups excluding carboxylic acids is 2. The Kier molecular flexibility index (Phi) is 5.11. The zero-order chi connectivity index (χ0) is 17.8. The highest BCUT2D eigenvalue weighted by Crippen LogP contribution is 2.30. The standard InChI is InChI=1S/C19H21N3O3/c20-12-18(23)22(17-8-4-3-7-16(17)19(24)21-25)15-10-9-13-5-1-2-6-14(13)11-15/h1-8,15,25H,9-12,20H2,(H,21,24). The summed E-state index contributed by atoms with van der Waals surface area (Å²) in [7, 11) is 0. The molecule has 6 nitrogen and oxygen atoms in total. The lowest BCUT2D eigenvalue weighted by Gasteiger charge is -2.36. The van der Waals surface area contributed by atoms with Crippen molar-refractivity contribution in [2.45, 2.75) is 25.3 Å². The Morgan fingerprint density at radius 3 is 2.52 bits per heavy atom. The lowest BCUT2D eigenvalue weighted by atomic mass is 9.87. The minimum Gasteiger partial charge on any atom is -0.322 e. The summed E-state index contributed by atoms with van der Waals surface area (Å²) in [6, 6.07) is 14.8. The molecule has 1 aliphatic rings. The quantitative estimate of drug-likeness (QED) is 0.583. The average molecular weight is 339 g/mol. The fourth-order valence-corrected chi connectivity index (χ4v) is 3.47. The first-order valence-electron chi connectivity index (χ1n) is 8.28. The maximum atomic E-state index is 12.6. The molecule has 0 fully saturated rings. The van der Waals surface area contributed by atoms with E-state index in [9.17, 15) is 9.59 Å². The van der Waals surface area contributed by atoms with E-state index in [1.807, 2.05) is 12.1 Å². The molecule has 2 amide bonds. The van der Waals surface area contributed by atoms with Crippen LogP contribution in [0.25, 0.3) is 0 Å². The first-order valence-corrected chi connectivity index (χ1v) is 8.28. The zero-order valence-electron chi connectivity index (χ0n) is 13.8. The van der Waals surface area contributed by atoms with Crippen LogP contribution < -0.4 is 16.1 Å². The van der Waals surface area contributed by atoms with Crippen molar-refractivity contribution < 1.29 is 14.8 Å². The number of carbonyl (C=O) groups is 2. The van der Waals surface area contributed by atoms with Crippen LogP contribution >= 0.6 is 0 Å². The minimum atomic E-state index is -0.651. The monoisotopic (exact) mass is 339 g/mol. The number of para-hydroxylation sites is 1. The molecule has 1 atom stereocenters. The fraction of sp³-hybridized carbons (Fsp3) is 0.263. The molecule has 2 aromatic rings. The molecule has 0 aliphatic heterocycles. The highest BCUT2D eigenvalue weighted by atomic mass is 16.5. The molecule has 0 saturated carbocycles. The van der Waals surface area contributed by atoms with Gasteiger partial charge in [0.15, 0.2) is 0 Å². The molecule has 2 aromatic carbocycles. The highest BCUT2D eigenvalue weighted by molar-refractivity contribution is 6.05. The van der Waals surface area contributed by atoms with Crippen molar-refractivity contribution in [3.05, 3.63) is 65.2 Å². The number of hydrogen-bond donors (Lipinski definition) is 3. The number of hydrogen-bond acceptors (Lipinski definition) is 4. The van der Waals surface area contributed by atoms with Gasteiger partial charge in [-0.25, -0.2) is 5.48 Å². The smallest absolute Gasteiger partial charge is 0.276 e. The molecule has 25 heavy (non-hydrogen) atoms. The highest BCUT2D eigenvalue weighted by Gasteiger charge is 2.30. The van der Waals surface area contributed by atoms with Crippen LogP contribution in [0.1, 0.15) is 27.9 Å². The Bertz CT molecular complexity index is 791. The normalized spacial score (nSPS) is 16.0. The van der Waals surface area contributed by atoms with Gasteiger partial charge < -0.3 is 10.6 Å². The van der Waals surface area contributed by atoms with E-state index in [1.54, 1.807) is 34.6 Å². The molecule has 0 spiro atoms. The van der Waals surface area contributed by atoms with Gasteiger partial charge in [0.2, 0.25) is 5.91 Å². The molecule has 1 aliphatic carbocycles. The van der Waals surface area contributed by atoms with Crippen LogP contribution in [0.2, 0.25) is 0 Å². The van der Waals surface area contributed by atoms with Gasteiger partial charge in [0, 0.05) is 6.04 Å². The molecule has 6 heteroatoms. The van der Waals surface area contributed by atoms with E-state index in [0.29, 0.717) is 12.1 Å². The van der Waals surface area contributed by atoms with Crippen molar-refractivity contribution in [2.24, 2.45) is 5.73 Å². The Morgan fingerprint density at radius 2 is 1.80 bits per heavy atom. The number of benzene rings is 2. The van der Waals surface area contributed by atoms with Crippen molar-refractivity contribution in [3.8, 4) is 0 Å². The summed E-state index contributed by atoms with van der Waals surface area (Å²) in [5.41, 5.74) is 10.5. The summed E-state index contributed by atoms with van der Waals surface area (Å²) in [6.07, 6.45) is 2.36. The van der Waals surface area contributed by atoms with E-state index in [1.165, 1.54) is 11.1 Å². The molecular formula is C19H21N3O3. The second-order valence-electron chi connectivity index (χ2n) is 6.09. The van der Waals surface area contributed by atoms with Crippen LogP contribution in [0, 0.1) is 0 Å². The Hall–Kier alpha value is -2.70. The third-order valence-electron chi connectivity index (χ3n) is 4.64. The Labute approximate surface area is 146 Å². The first-order chi connectivity index (χ1) is 12.2. The maximum Gasteiger partial charge on any atom is 0.276 e. The fourth-order valence-electron chi connectivity index (χ4n) is 3.47. The second kappa shape index (κ2) is 7.46. The van der Waals surface area contributed by atoms with Gasteiger partial charge in [-0.1, -0.05) is 36.4 Å². The molecular weight excluding hydrogens is 318 g/mol. The summed E-state index contributed by atoms with van der Waals surface area (Å²) in [4.78, 5) is 26.2. The Morgan fingerprint density at radius 1 is 1.12 bits per heavy atom. The first kappa shape index (κ1) is 17.1. The molecule has 1 unspecified atom stereocenters. The van der Waals surface area contributed by atoms with Crippen LogP contribution in [0.15, 0.2) is 48.5 Å². The SMILES string of the molecule is NCC(=O)N(c1ccccc1C(=O)NO)C1CCc2ccccc2C1. The predicted octanol–water partition coefficient (Wildman–Crippen LogP) is 1.65. The lowest BCUT2D eigenvalue weighted by Crippen LogP contribution is -2.47. The average Bonchev–Trinajstić information content (AvgIpc) is 2.67. The number of aryl methyl sites for hydroxylation is 1. The number of fused-ring (bicyclic) bond motifs is 1. The topological polar surface area (TPSA) is 95.7 Å². The molecule has 4 N–H and O–H groups in total. The van der Waals surface area contributed by atoms with Gasteiger partial charge in [-0.15, -0.1) is 0 Å². The molecule has 0 saturated heterocycles. The summed E-state index contributed by atoms with van der Waals surface area (Å²) >= 11 is 0. The third-order valence-corrected chi connectivity index (χ3v) is 4.64. The second-order valence-corrected chi connectivity index (χ2v) is 6.09. The van der Waals surface area contributed by atoms with Gasteiger partial charge in [-0.2, -0.15) is 0 Å². The van der Waals surface area contributed by atoms with Crippen molar-refractivity contribution in [1.82, 2.24) is 5.48 Å². The van der Waals surface area contributed by atoms with Crippen molar-refractivity contribution in [2.75, 3.05) is 11.4 Å². The van der Waals surface area contributed by atoms with Crippen LogP contribution in [0.3, 0.4) is 0 Å². The number of hydroxylamine groups is 1. The largest absolute Gasteiger partial charge is 0.322 e. The maximum absolute atomic E-state index is 12.6. The van der Waals surface area contributed by atoms with Gasteiger partial charge in [0.25, 0.3) is 5.91 Å². The number of anilines is 1. The zero-order valence-corrected chi connectivity index (χ0v) is 13.8. The van der Waals surface area contributed by atoms with Crippen LogP contribution in [0.5, 0.6) is 0 Å². The van der Waals surface area contributed by atoms with Gasteiger partial charge in [0.1, 0.15) is 0 Å². The van der Waals surface area contributed by atoms with E-state index >= 15 is 0 Å². The minimum absolute atomic E-state index is 0.0846. The van der Waals surface area contributed by atoms with Crippen molar-refractivity contribution in [3.63, 3.8) is 0 Å². The van der Waals surface area contributed by atoms with E-state index in [0.717, 1.165) is 12.8 Å². The van der Waals surface area contributed by atoms with Gasteiger partial charge in [-0.05, 0) is 42.5 Å². The van der Waals surface area contributed by atoms with E-state index in [4.69, 9.17) is 10.9 Å². The summed E-state index contributed by atoms with van der Waals surface area (Å²) in [5, 5.41) is 9.00. The third kappa shape index (κ3) is 3.40. The van der Waals surface area contributed by atoms with Gasteiger partial charge >= 0.3 is 0 Å². The van der Waals surface area contributed by atoms with E-state index in [2.05, 4.69) is 12.1 Å². The summed E-state index contributed by atoms with van der Waals surface area (Å²) in [5.74, 6) is -0.899. The van der Waals surface area contributed by atoms with E-state index in [-0.39, 0.29) is 24.1 Å². The number of nitrogens with two attached hydrogens (primary N) is 1. The summed E-state index contributed by atoms with van der Waals surface area (Å²) < 4.78 is 0.